The number of hydrogen-bond acceptors (Lipinski definition) is 3. The number of carbonyl (C=O) groups is 1. The number of rotatable bonds is 9. The van der Waals surface area contributed by atoms with E-state index >= 15 is 0 Å². The van der Waals surface area contributed by atoms with Crippen LogP contribution in [0.2, 0.25) is 18.1 Å². The van der Waals surface area contributed by atoms with Gasteiger partial charge < -0.3 is 9.16 Å². The third-order valence-electron chi connectivity index (χ3n) is 5.89. The molecule has 0 aromatic heterocycles. The Labute approximate surface area is 186 Å². The van der Waals surface area contributed by atoms with Crippen LogP contribution in [0.3, 0.4) is 0 Å². The Morgan fingerprint density at radius 2 is 1.82 bits per heavy atom. The molecule has 1 rings (SSSR count). The van der Waals surface area contributed by atoms with E-state index in [2.05, 4.69) is 63.6 Å². The highest BCUT2D eigenvalue weighted by Gasteiger charge is 2.39. The van der Waals surface area contributed by atoms with Crippen LogP contribution in [0.25, 0.3) is 0 Å². The standard InChI is InChI=1S/C23H39BrO3Si/c1-21(2,3)28(8,9)27-17-22(4,5)14-11-15-23(6,20(25)26-7)18-12-10-13-19(24)16-18/h10,12-13,16H,11,14-15,17H2,1-9H3/i6D3. The van der Waals surface area contributed by atoms with Gasteiger partial charge >= 0.3 is 5.97 Å². The van der Waals surface area contributed by atoms with E-state index in [4.69, 9.17) is 13.3 Å². The van der Waals surface area contributed by atoms with E-state index in [0.29, 0.717) is 18.6 Å². The van der Waals surface area contributed by atoms with Crippen LogP contribution in [0.4, 0.5) is 0 Å². The maximum absolute atomic E-state index is 12.9. The van der Waals surface area contributed by atoms with Crippen LogP contribution in [0.5, 0.6) is 0 Å². The van der Waals surface area contributed by atoms with Gasteiger partial charge in [0.15, 0.2) is 8.32 Å². The molecule has 28 heavy (non-hydrogen) atoms. The molecule has 0 spiro atoms. The third kappa shape index (κ3) is 6.70. The molecule has 0 heterocycles. The topological polar surface area (TPSA) is 35.5 Å². The molecule has 0 N–H and O–H groups in total. The second-order valence-corrected chi connectivity index (χ2v) is 15.7. The summed E-state index contributed by atoms with van der Waals surface area (Å²) in [4.78, 5) is 12.9. The molecule has 0 saturated carbocycles. The summed E-state index contributed by atoms with van der Waals surface area (Å²) in [6.45, 7) is 13.4. The van der Waals surface area contributed by atoms with Crippen molar-refractivity contribution in [2.45, 2.75) is 84.3 Å². The number of esters is 1. The van der Waals surface area contributed by atoms with E-state index in [-0.39, 0.29) is 16.9 Å². The highest BCUT2D eigenvalue weighted by molar-refractivity contribution is 9.10. The van der Waals surface area contributed by atoms with Gasteiger partial charge in [0.05, 0.1) is 12.5 Å². The van der Waals surface area contributed by atoms with Gasteiger partial charge in [-0.15, -0.1) is 0 Å². The monoisotopic (exact) mass is 473 g/mol. The lowest BCUT2D eigenvalue weighted by atomic mass is 9.76. The normalized spacial score (nSPS) is 17.2. The number of halogens is 1. The minimum atomic E-state index is -2.54. The van der Waals surface area contributed by atoms with Gasteiger partial charge in [0.2, 0.25) is 0 Å². The van der Waals surface area contributed by atoms with Crippen LogP contribution in [-0.2, 0) is 19.4 Å². The van der Waals surface area contributed by atoms with Crippen molar-refractivity contribution in [3.8, 4) is 0 Å². The molecular weight excluding hydrogens is 432 g/mol. The Bertz CT molecular complexity index is 757. The zero-order chi connectivity index (χ0) is 24.3. The summed E-state index contributed by atoms with van der Waals surface area (Å²) in [6.07, 6.45) is 1.48. The van der Waals surface area contributed by atoms with Crippen LogP contribution in [0.1, 0.15) is 70.4 Å². The number of methoxy groups -OCH3 is 1. The Kier molecular flexibility index (Phi) is 6.95. The number of carbonyl (C=O) groups excluding carboxylic acids is 1. The quantitative estimate of drug-likeness (QED) is 0.283. The van der Waals surface area contributed by atoms with Crippen LogP contribution >= 0.6 is 15.9 Å². The first-order valence-corrected chi connectivity index (χ1v) is 13.6. The summed E-state index contributed by atoms with van der Waals surface area (Å²) in [6, 6.07) is 6.96. The largest absolute Gasteiger partial charge is 0.468 e. The van der Waals surface area contributed by atoms with Gasteiger partial charge in [-0.2, -0.15) is 0 Å². The lowest BCUT2D eigenvalue weighted by Gasteiger charge is -2.39. The highest BCUT2D eigenvalue weighted by Crippen LogP contribution is 2.39. The predicted octanol–water partition coefficient (Wildman–Crippen LogP) is 7.10. The van der Waals surface area contributed by atoms with E-state index in [0.717, 1.165) is 10.9 Å². The minimum Gasteiger partial charge on any atom is -0.468 e. The Morgan fingerprint density at radius 3 is 2.32 bits per heavy atom. The highest BCUT2D eigenvalue weighted by atomic mass is 79.9. The van der Waals surface area contributed by atoms with Crippen molar-refractivity contribution in [1.82, 2.24) is 0 Å². The van der Waals surface area contributed by atoms with Crippen molar-refractivity contribution in [3.63, 3.8) is 0 Å². The van der Waals surface area contributed by atoms with Gasteiger partial charge in [0.1, 0.15) is 0 Å². The van der Waals surface area contributed by atoms with Gasteiger partial charge in [-0.3, -0.25) is 4.79 Å². The van der Waals surface area contributed by atoms with E-state index in [1.165, 1.54) is 7.11 Å². The van der Waals surface area contributed by atoms with E-state index < -0.39 is 26.6 Å². The molecule has 0 fully saturated rings. The fraction of sp³-hybridized carbons (Fsp3) is 0.696. The SMILES string of the molecule is [2H]C([2H])([2H])C(CCCC(C)(C)CO[Si](C)(C)C(C)(C)C)(C(=O)OC)c1cccc(Br)c1. The Morgan fingerprint density at radius 1 is 1.18 bits per heavy atom. The van der Waals surface area contributed by atoms with E-state index in [9.17, 15) is 4.79 Å². The first-order valence-electron chi connectivity index (χ1n) is 11.4. The molecule has 1 aromatic carbocycles. The predicted molar refractivity (Wildman–Crippen MR) is 124 cm³/mol. The van der Waals surface area contributed by atoms with Crippen molar-refractivity contribution in [2.75, 3.05) is 13.7 Å². The van der Waals surface area contributed by atoms with Crippen LogP contribution < -0.4 is 0 Å². The van der Waals surface area contributed by atoms with Gasteiger partial charge in [-0.25, -0.2) is 0 Å². The number of benzene rings is 1. The fourth-order valence-corrected chi connectivity index (χ4v) is 4.37. The molecule has 0 saturated heterocycles. The summed E-state index contributed by atoms with van der Waals surface area (Å²) in [7, 11) is -0.625. The molecule has 0 aliphatic rings. The average molecular weight is 475 g/mol. The van der Waals surface area contributed by atoms with Gasteiger partial charge in [0, 0.05) is 15.2 Å². The van der Waals surface area contributed by atoms with Crippen molar-refractivity contribution < 1.29 is 18.1 Å². The second-order valence-electron chi connectivity index (χ2n) is 9.97. The summed E-state index contributed by atoms with van der Waals surface area (Å²) in [5.74, 6) is -0.721. The van der Waals surface area contributed by atoms with E-state index in [1.807, 2.05) is 6.07 Å². The molecule has 5 heteroatoms. The molecule has 0 radical (unpaired) electrons. The van der Waals surface area contributed by atoms with Crippen LogP contribution in [-0.4, -0.2) is 28.0 Å². The summed E-state index contributed by atoms with van der Waals surface area (Å²) in [5, 5.41) is 0.130. The van der Waals surface area contributed by atoms with Crippen LogP contribution in [0.15, 0.2) is 28.7 Å². The second kappa shape index (κ2) is 9.44. The molecule has 1 aromatic rings. The summed E-state index contributed by atoms with van der Waals surface area (Å²) >= 11 is 3.40. The summed E-state index contributed by atoms with van der Waals surface area (Å²) < 4.78 is 36.9. The van der Waals surface area contributed by atoms with Crippen molar-refractivity contribution in [2.24, 2.45) is 5.41 Å². The lowest BCUT2D eigenvalue weighted by molar-refractivity contribution is -0.147. The van der Waals surface area contributed by atoms with Crippen molar-refractivity contribution >= 4 is 30.2 Å². The average Bonchev–Trinajstić information content (AvgIpc) is 2.61. The minimum absolute atomic E-state index is 0.130. The molecule has 3 nitrogen and oxygen atoms in total. The molecule has 0 bridgehead atoms. The number of hydrogen-bond donors (Lipinski definition) is 0. The maximum atomic E-state index is 12.9. The summed E-state index contributed by atoms with van der Waals surface area (Å²) in [5.41, 5.74) is -1.39. The molecule has 1 unspecified atom stereocenters. The van der Waals surface area contributed by atoms with Crippen molar-refractivity contribution in [3.05, 3.63) is 34.3 Å². The Hall–Kier alpha value is -0.653. The maximum Gasteiger partial charge on any atom is 0.315 e. The molecule has 0 aliphatic carbocycles. The lowest BCUT2D eigenvalue weighted by Crippen LogP contribution is -2.43. The van der Waals surface area contributed by atoms with Gasteiger partial charge in [0.25, 0.3) is 0 Å². The Balaban J connectivity index is 3.09. The van der Waals surface area contributed by atoms with Gasteiger partial charge in [-0.05, 0) is 60.9 Å². The van der Waals surface area contributed by atoms with E-state index in [1.54, 1.807) is 18.2 Å². The zero-order valence-corrected chi connectivity index (χ0v) is 21.3. The first kappa shape index (κ1) is 20.6. The molecule has 160 valence electrons. The smallest absolute Gasteiger partial charge is 0.315 e. The molecule has 0 amide bonds. The zero-order valence-electron chi connectivity index (χ0n) is 21.7. The van der Waals surface area contributed by atoms with Gasteiger partial charge in [-0.1, -0.05) is 69.1 Å². The molecular formula is C23H39BrO3Si. The number of ether oxygens (including phenoxy) is 1. The van der Waals surface area contributed by atoms with Crippen molar-refractivity contribution in [1.29, 1.82) is 0 Å². The third-order valence-corrected chi connectivity index (χ3v) is 10.9. The molecule has 0 aliphatic heterocycles. The first-order chi connectivity index (χ1) is 13.9. The van der Waals surface area contributed by atoms with Crippen LogP contribution in [0, 0.1) is 5.41 Å². The fourth-order valence-electron chi connectivity index (χ4n) is 2.79. The molecule has 1 atom stereocenters.